The summed E-state index contributed by atoms with van der Waals surface area (Å²) in [7, 11) is 0. The Hall–Kier alpha value is -1.99. The molecular weight excluding hydrogens is 278 g/mol. The smallest absolute Gasteiger partial charge is 0.328 e. The van der Waals surface area contributed by atoms with Crippen LogP contribution in [0, 0.1) is 13.8 Å². The topological polar surface area (TPSA) is 88.0 Å². The van der Waals surface area contributed by atoms with Gasteiger partial charge in [-0.2, -0.15) is 0 Å². The molecule has 0 bridgehead atoms. The van der Waals surface area contributed by atoms with Gasteiger partial charge >= 0.3 is 5.69 Å². The quantitative estimate of drug-likeness (QED) is 0.734. The zero-order valence-corrected chi connectivity index (χ0v) is 11.9. The van der Waals surface area contributed by atoms with Gasteiger partial charge in [-0.15, -0.1) is 11.3 Å². The van der Waals surface area contributed by atoms with Gasteiger partial charge in [0.05, 0.1) is 18.7 Å². The summed E-state index contributed by atoms with van der Waals surface area (Å²) in [5, 5.41) is 9.76. The fourth-order valence-corrected chi connectivity index (χ4v) is 3.60. The highest BCUT2D eigenvalue weighted by Gasteiger charge is 2.15. The maximum absolute atomic E-state index is 12.3. The summed E-state index contributed by atoms with van der Waals surface area (Å²) < 4.78 is 1.48. The van der Waals surface area contributed by atoms with Crippen molar-refractivity contribution in [3.05, 3.63) is 38.2 Å². The van der Waals surface area contributed by atoms with E-state index >= 15 is 0 Å². The van der Waals surface area contributed by atoms with Crippen LogP contribution in [0.3, 0.4) is 0 Å². The molecule has 0 atom stereocenters. The third-order valence-corrected chi connectivity index (χ3v) is 4.30. The van der Waals surface area contributed by atoms with Crippen molar-refractivity contribution in [3.63, 3.8) is 0 Å². The van der Waals surface area contributed by atoms with E-state index in [9.17, 15) is 9.59 Å². The van der Waals surface area contributed by atoms with Gasteiger partial charge in [-0.05, 0) is 25.5 Å². The van der Waals surface area contributed by atoms with E-state index in [1.165, 1.54) is 11.3 Å². The van der Waals surface area contributed by atoms with E-state index in [-0.39, 0.29) is 18.7 Å². The number of fused-ring (bicyclic) bond motifs is 3. The number of aryl methyl sites for hydroxylation is 2. The average Bonchev–Trinajstić information content (AvgIpc) is 2.73. The number of hydrogen-bond donors (Lipinski definition) is 2. The molecule has 104 valence electrons. The number of thiophene rings is 1. The zero-order valence-electron chi connectivity index (χ0n) is 11.1. The fraction of sp³-hybridized carbons (Fsp3) is 0.308. The Balaban J connectivity index is 2.52. The molecule has 0 radical (unpaired) electrons. The second-order valence-corrected chi connectivity index (χ2v) is 5.68. The molecule has 0 spiro atoms. The van der Waals surface area contributed by atoms with Gasteiger partial charge in [0.15, 0.2) is 0 Å². The third-order valence-electron chi connectivity index (χ3n) is 3.23. The van der Waals surface area contributed by atoms with E-state index in [4.69, 9.17) is 5.11 Å². The molecule has 3 rings (SSSR count). The van der Waals surface area contributed by atoms with Crippen molar-refractivity contribution in [3.8, 4) is 0 Å². The van der Waals surface area contributed by atoms with E-state index in [1.54, 1.807) is 0 Å². The molecule has 0 unspecified atom stereocenters. The molecule has 3 aromatic rings. The monoisotopic (exact) mass is 291 g/mol. The largest absolute Gasteiger partial charge is 0.395 e. The Morgan fingerprint density at radius 3 is 2.85 bits per heavy atom. The summed E-state index contributed by atoms with van der Waals surface area (Å²) in [4.78, 5) is 32.2. The Labute approximate surface area is 117 Å². The number of aliphatic hydroxyl groups is 1. The number of nitrogens with one attached hydrogen (secondary N) is 1. The van der Waals surface area contributed by atoms with Crippen LogP contribution in [0.15, 0.2) is 15.7 Å². The van der Waals surface area contributed by atoms with Crippen LogP contribution in [0.2, 0.25) is 0 Å². The minimum atomic E-state index is -0.503. The highest BCUT2D eigenvalue weighted by molar-refractivity contribution is 7.25. The number of nitrogens with zero attached hydrogens (tertiary/aromatic N) is 2. The summed E-state index contributed by atoms with van der Waals surface area (Å²) >= 11 is 1.27. The van der Waals surface area contributed by atoms with Crippen LogP contribution in [0.4, 0.5) is 0 Å². The number of aliphatic hydroxyl groups excluding tert-OH is 1. The first kappa shape index (κ1) is 13.0. The second kappa shape index (κ2) is 4.53. The Bertz CT molecular complexity index is 936. The standard InChI is InChI=1S/C13H13N3O3S/c1-6-5-7(2)14-11-8(6)9-10(20-11)12(18)16(3-4-17)13(19)15-9/h5,17H,3-4H2,1-2H3,(H,15,19). The van der Waals surface area contributed by atoms with Crippen LogP contribution in [-0.4, -0.2) is 26.2 Å². The zero-order chi connectivity index (χ0) is 14.4. The highest BCUT2D eigenvalue weighted by atomic mass is 32.1. The van der Waals surface area contributed by atoms with E-state index in [2.05, 4.69) is 9.97 Å². The Morgan fingerprint density at radius 2 is 2.15 bits per heavy atom. The van der Waals surface area contributed by atoms with Crippen molar-refractivity contribution in [2.75, 3.05) is 6.61 Å². The number of aromatic nitrogens is 3. The summed E-state index contributed by atoms with van der Waals surface area (Å²) in [5.41, 5.74) is 1.52. The fourth-order valence-electron chi connectivity index (χ4n) is 2.40. The van der Waals surface area contributed by atoms with Gasteiger partial charge in [0, 0.05) is 11.1 Å². The SMILES string of the molecule is Cc1cc(C)c2c(n1)sc1c(=O)n(CCO)c(=O)[nH]c12. The van der Waals surface area contributed by atoms with E-state index < -0.39 is 5.69 Å². The predicted molar refractivity (Wildman–Crippen MR) is 78.6 cm³/mol. The lowest BCUT2D eigenvalue weighted by Gasteiger charge is -2.02. The molecular formula is C13H13N3O3S. The molecule has 0 amide bonds. The third kappa shape index (κ3) is 1.78. The first-order chi connectivity index (χ1) is 9.52. The lowest BCUT2D eigenvalue weighted by molar-refractivity contribution is 0.272. The van der Waals surface area contributed by atoms with Gasteiger partial charge in [-0.3, -0.25) is 9.36 Å². The lowest BCUT2D eigenvalue weighted by Crippen LogP contribution is -2.35. The summed E-state index contributed by atoms with van der Waals surface area (Å²) in [6, 6.07) is 1.92. The summed E-state index contributed by atoms with van der Waals surface area (Å²) in [6.45, 7) is 3.56. The molecule has 0 aliphatic heterocycles. The second-order valence-electron chi connectivity index (χ2n) is 4.68. The van der Waals surface area contributed by atoms with Crippen LogP contribution in [0.1, 0.15) is 11.3 Å². The van der Waals surface area contributed by atoms with Crippen LogP contribution < -0.4 is 11.2 Å². The van der Waals surface area contributed by atoms with Crippen molar-refractivity contribution in [2.45, 2.75) is 20.4 Å². The van der Waals surface area contributed by atoms with Crippen molar-refractivity contribution in [1.82, 2.24) is 14.5 Å². The summed E-state index contributed by atoms with van der Waals surface area (Å²) in [6.07, 6.45) is 0. The first-order valence-electron chi connectivity index (χ1n) is 6.17. The number of H-pyrrole nitrogens is 1. The molecule has 20 heavy (non-hydrogen) atoms. The molecule has 0 aliphatic carbocycles. The van der Waals surface area contributed by atoms with E-state index in [0.29, 0.717) is 10.2 Å². The molecule has 6 nitrogen and oxygen atoms in total. The van der Waals surface area contributed by atoms with Crippen LogP contribution >= 0.6 is 11.3 Å². The lowest BCUT2D eigenvalue weighted by atomic mass is 10.1. The molecule has 2 N–H and O–H groups in total. The minimum absolute atomic E-state index is 0.0101. The molecule has 7 heteroatoms. The molecule has 0 fully saturated rings. The van der Waals surface area contributed by atoms with Crippen LogP contribution in [0.25, 0.3) is 20.4 Å². The molecule has 0 saturated carbocycles. The van der Waals surface area contributed by atoms with Gasteiger partial charge in [-0.1, -0.05) is 0 Å². The number of hydrogen-bond acceptors (Lipinski definition) is 5. The van der Waals surface area contributed by atoms with Crippen LogP contribution in [-0.2, 0) is 6.54 Å². The minimum Gasteiger partial charge on any atom is -0.395 e. The molecule has 0 saturated heterocycles. The van der Waals surface area contributed by atoms with Gasteiger partial charge < -0.3 is 10.1 Å². The Kier molecular flexibility index (Phi) is 2.95. The maximum Gasteiger partial charge on any atom is 0.328 e. The molecule has 3 heterocycles. The van der Waals surface area contributed by atoms with E-state index in [0.717, 1.165) is 26.0 Å². The number of aromatic amines is 1. The highest BCUT2D eigenvalue weighted by Crippen LogP contribution is 2.31. The van der Waals surface area contributed by atoms with E-state index in [1.807, 2.05) is 19.9 Å². The van der Waals surface area contributed by atoms with Gasteiger partial charge in [-0.25, -0.2) is 9.78 Å². The van der Waals surface area contributed by atoms with Crippen molar-refractivity contribution in [1.29, 1.82) is 0 Å². The maximum atomic E-state index is 12.3. The van der Waals surface area contributed by atoms with Gasteiger partial charge in [0.1, 0.15) is 9.53 Å². The first-order valence-corrected chi connectivity index (χ1v) is 6.99. The summed E-state index contributed by atoms with van der Waals surface area (Å²) in [5.74, 6) is 0. The van der Waals surface area contributed by atoms with Crippen LogP contribution in [0.5, 0.6) is 0 Å². The van der Waals surface area contributed by atoms with Crippen molar-refractivity contribution >= 4 is 31.8 Å². The number of rotatable bonds is 2. The number of pyridine rings is 1. The normalized spacial score (nSPS) is 11.6. The predicted octanol–water partition coefficient (Wildman–Crippen LogP) is 0.909. The van der Waals surface area contributed by atoms with Crippen molar-refractivity contribution < 1.29 is 5.11 Å². The Morgan fingerprint density at radius 1 is 1.40 bits per heavy atom. The molecule has 3 aromatic heterocycles. The van der Waals surface area contributed by atoms with Gasteiger partial charge in [0.2, 0.25) is 0 Å². The molecule has 0 aromatic carbocycles. The average molecular weight is 291 g/mol. The molecule has 0 aliphatic rings. The van der Waals surface area contributed by atoms with Gasteiger partial charge in [0.25, 0.3) is 5.56 Å². The van der Waals surface area contributed by atoms with Crippen molar-refractivity contribution in [2.24, 2.45) is 0 Å².